The normalized spacial score (nSPS) is 21.6. The Kier molecular flexibility index (Phi) is 5.70. The molecule has 0 atom stereocenters. The van der Waals surface area contributed by atoms with Crippen LogP contribution in [0.25, 0.3) is 0 Å². The summed E-state index contributed by atoms with van der Waals surface area (Å²) in [6.07, 6.45) is 4.39. The van der Waals surface area contributed by atoms with E-state index in [4.69, 9.17) is 4.99 Å². The van der Waals surface area contributed by atoms with Crippen LogP contribution in [-0.2, 0) is 29.2 Å². The number of nitrogens with one attached hydrogen (secondary N) is 1. The topological polar surface area (TPSA) is 82.0 Å². The fourth-order valence-electron chi connectivity index (χ4n) is 3.97. The number of hydrogen-bond acceptors (Lipinski definition) is 4. The number of aryl methyl sites for hydroxylation is 1. The van der Waals surface area contributed by atoms with E-state index < -0.39 is 14.6 Å². The number of phenolic OH excluding ortho intramolecular Hbond substituents is 1. The predicted molar refractivity (Wildman–Crippen MR) is 109 cm³/mol. The summed E-state index contributed by atoms with van der Waals surface area (Å²) in [5.74, 6) is 1.15. The van der Waals surface area contributed by atoms with Crippen molar-refractivity contribution >= 4 is 15.8 Å². The van der Waals surface area contributed by atoms with Crippen LogP contribution in [0, 0.1) is 0 Å². The second kappa shape index (κ2) is 7.70. The molecule has 7 heteroatoms. The largest absolute Gasteiger partial charge is 0.508 e. The van der Waals surface area contributed by atoms with Crippen LogP contribution >= 0.6 is 0 Å². The number of guanidine groups is 1. The minimum Gasteiger partial charge on any atom is -0.508 e. The predicted octanol–water partition coefficient (Wildman–Crippen LogP) is 2.25. The molecule has 1 heterocycles. The monoisotopic (exact) mass is 393 g/mol. The van der Waals surface area contributed by atoms with Crippen LogP contribution in [0.4, 0.5) is 0 Å². The van der Waals surface area contributed by atoms with Gasteiger partial charge >= 0.3 is 0 Å². The van der Waals surface area contributed by atoms with Gasteiger partial charge in [0.1, 0.15) is 5.75 Å². The van der Waals surface area contributed by atoms with E-state index in [0.29, 0.717) is 37.9 Å². The molecule has 2 aliphatic rings. The van der Waals surface area contributed by atoms with Crippen LogP contribution in [0.5, 0.6) is 5.75 Å². The highest BCUT2D eigenvalue weighted by Gasteiger charge is 2.41. The Labute approximate surface area is 162 Å². The second-order valence-corrected chi connectivity index (χ2v) is 10.8. The Bertz CT molecular complexity index is 831. The third-order valence-electron chi connectivity index (χ3n) is 5.69. The van der Waals surface area contributed by atoms with Crippen molar-refractivity contribution in [2.45, 2.75) is 57.7 Å². The molecular weight excluding hydrogens is 362 g/mol. The van der Waals surface area contributed by atoms with Crippen molar-refractivity contribution in [2.24, 2.45) is 4.99 Å². The van der Waals surface area contributed by atoms with Gasteiger partial charge in [0.2, 0.25) is 0 Å². The molecule has 1 saturated heterocycles. The molecule has 2 N–H and O–H groups in total. The molecule has 0 aromatic heterocycles. The van der Waals surface area contributed by atoms with Crippen LogP contribution in [0.15, 0.2) is 17.1 Å². The third-order valence-corrected chi connectivity index (χ3v) is 8.22. The highest BCUT2D eigenvalue weighted by Crippen LogP contribution is 2.31. The Morgan fingerprint density at radius 1 is 1.30 bits per heavy atom. The Morgan fingerprint density at radius 3 is 2.74 bits per heavy atom. The van der Waals surface area contributed by atoms with E-state index in [-0.39, 0.29) is 5.75 Å². The number of aromatic hydroxyl groups is 1. The molecule has 1 aliphatic carbocycles. The summed E-state index contributed by atoms with van der Waals surface area (Å²) in [5, 5.41) is 13.7. The van der Waals surface area contributed by atoms with Crippen molar-refractivity contribution in [3.8, 4) is 5.75 Å². The Balaban J connectivity index is 1.86. The number of phenols is 1. The van der Waals surface area contributed by atoms with Crippen LogP contribution in [0.1, 0.15) is 50.3 Å². The fraction of sp³-hybridized carbons (Fsp3) is 0.650. The second-order valence-electron chi connectivity index (χ2n) is 8.08. The van der Waals surface area contributed by atoms with Crippen LogP contribution in [0.2, 0.25) is 0 Å². The molecule has 1 aromatic carbocycles. The lowest BCUT2D eigenvalue weighted by molar-refractivity contribution is 0.353. The molecule has 0 unspecified atom stereocenters. The maximum Gasteiger partial charge on any atom is 0.194 e. The maximum atomic E-state index is 12.3. The molecule has 0 saturated carbocycles. The van der Waals surface area contributed by atoms with Crippen molar-refractivity contribution in [2.75, 3.05) is 25.4 Å². The first kappa shape index (κ1) is 20.0. The van der Waals surface area contributed by atoms with E-state index in [2.05, 4.69) is 5.32 Å². The minimum absolute atomic E-state index is 0.135. The molecule has 1 aliphatic heterocycles. The molecule has 1 fully saturated rings. The summed E-state index contributed by atoms with van der Waals surface area (Å²) in [5.41, 5.74) is 3.47. The first-order valence-electron chi connectivity index (χ1n) is 9.83. The van der Waals surface area contributed by atoms with Crippen molar-refractivity contribution in [1.82, 2.24) is 10.2 Å². The number of hydrogen-bond donors (Lipinski definition) is 2. The fourth-order valence-corrected chi connectivity index (χ4v) is 5.34. The summed E-state index contributed by atoms with van der Waals surface area (Å²) in [7, 11) is -3.09. The zero-order valence-corrected chi connectivity index (χ0v) is 17.4. The van der Waals surface area contributed by atoms with Crippen LogP contribution in [-0.4, -0.2) is 54.5 Å². The molecular formula is C20H31N3O3S. The zero-order valence-electron chi connectivity index (χ0n) is 16.6. The molecule has 6 nitrogen and oxygen atoms in total. The molecule has 0 radical (unpaired) electrons. The van der Waals surface area contributed by atoms with Gasteiger partial charge in [-0.2, -0.15) is 0 Å². The first-order chi connectivity index (χ1) is 12.7. The molecule has 0 amide bonds. The maximum absolute atomic E-state index is 12.3. The van der Waals surface area contributed by atoms with Crippen molar-refractivity contribution in [3.63, 3.8) is 0 Å². The molecule has 1 aromatic rings. The minimum atomic E-state index is -3.09. The summed E-state index contributed by atoms with van der Waals surface area (Å²) in [6.45, 7) is 7.52. The SMILES string of the molecule is CCNC(=NCc1c(O)ccc2c1CCCC2)N1CCS(=O)(=O)C(C)(C)C1. The average Bonchev–Trinajstić information content (AvgIpc) is 2.62. The summed E-state index contributed by atoms with van der Waals surface area (Å²) < 4.78 is 23.8. The number of aliphatic imine (C=N–C) groups is 1. The van der Waals surface area contributed by atoms with Gasteiger partial charge in [0.25, 0.3) is 0 Å². The van der Waals surface area contributed by atoms with Crippen molar-refractivity contribution in [1.29, 1.82) is 0 Å². The first-order valence-corrected chi connectivity index (χ1v) is 11.5. The van der Waals surface area contributed by atoms with Gasteiger partial charge in [-0.25, -0.2) is 13.4 Å². The number of benzene rings is 1. The molecule has 3 rings (SSSR count). The molecule has 0 bridgehead atoms. The van der Waals surface area contributed by atoms with E-state index in [0.717, 1.165) is 24.8 Å². The number of fused-ring (bicyclic) bond motifs is 1. The van der Waals surface area contributed by atoms with Crippen LogP contribution in [0.3, 0.4) is 0 Å². The quantitative estimate of drug-likeness (QED) is 0.608. The van der Waals surface area contributed by atoms with E-state index in [1.807, 2.05) is 17.9 Å². The van der Waals surface area contributed by atoms with E-state index >= 15 is 0 Å². The zero-order chi connectivity index (χ0) is 19.7. The van der Waals surface area contributed by atoms with Crippen molar-refractivity contribution in [3.05, 3.63) is 28.8 Å². The number of rotatable bonds is 3. The van der Waals surface area contributed by atoms with Gasteiger partial charge < -0.3 is 15.3 Å². The summed E-state index contributed by atoms with van der Waals surface area (Å²) >= 11 is 0. The lowest BCUT2D eigenvalue weighted by Crippen LogP contribution is -2.57. The number of nitrogens with zero attached hydrogens (tertiary/aromatic N) is 2. The standard InChI is InChI=1S/C20H31N3O3S/c1-4-21-19(23-11-12-27(25,26)20(2,3)14-23)22-13-17-16-8-6-5-7-15(16)9-10-18(17)24/h9-10,24H,4-8,11-14H2,1-3H3,(H,21,22). The highest BCUT2D eigenvalue weighted by molar-refractivity contribution is 7.92. The van der Waals surface area contributed by atoms with Gasteiger partial charge in [-0.15, -0.1) is 0 Å². The molecule has 0 spiro atoms. The smallest absolute Gasteiger partial charge is 0.194 e. The molecule has 27 heavy (non-hydrogen) atoms. The van der Waals surface area contributed by atoms with E-state index in [9.17, 15) is 13.5 Å². The van der Waals surface area contributed by atoms with Gasteiger partial charge in [0, 0.05) is 25.2 Å². The van der Waals surface area contributed by atoms with Crippen LogP contribution < -0.4 is 5.32 Å². The van der Waals surface area contributed by atoms with E-state index in [1.54, 1.807) is 19.9 Å². The van der Waals surface area contributed by atoms with Gasteiger partial charge in [-0.3, -0.25) is 0 Å². The van der Waals surface area contributed by atoms with Gasteiger partial charge in [0.05, 0.1) is 17.0 Å². The highest BCUT2D eigenvalue weighted by atomic mass is 32.2. The van der Waals surface area contributed by atoms with Gasteiger partial charge in [-0.05, 0) is 63.6 Å². The molecule has 150 valence electrons. The Hall–Kier alpha value is -1.76. The lowest BCUT2D eigenvalue weighted by Gasteiger charge is -2.39. The van der Waals surface area contributed by atoms with Gasteiger partial charge in [0.15, 0.2) is 15.8 Å². The van der Waals surface area contributed by atoms with Gasteiger partial charge in [-0.1, -0.05) is 6.07 Å². The van der Waals surface area contributed by atoms with Crippen molar-refractivity contribution < 1.29 is 13.5 Å². The summed E-state index contributed by atoms with van der Waals surface area (Å²) in [6, 6.07) is 3.80. The van der Waals surface area contributed by atoms with E-state index in [1.165, 1.54) is 17.5 Å². The average molecular weight is 394 g/mol. The number of sulfone groups is 1. The lowest BCUT2D eigenvalue weighted by atomic mass is 9.88. The summed E-state index contributed by atoms with van der Waals surface area (Å²) in [4.78, 5) is 6.79. The third kappa shape index (κ3) is 4.08. The Morgan fingerprint density at radius 2 is 2.04 bits per heavy atom.